The van der Waals surface area contributed by atoms with Crippen LogP contribution in [0.4, 0.5) is 13.2 Å². The van der Waals surface area contributed by atoms with Gasteiger partial charge in [-0.15, -0.1) is 0 Å². The van der Waals surface area contributed by atoms with Crippen LogP contribution in [0.2, 0.25) is 0 Å². The molecule has 0 heterocycles. The van der Waals surface area contributed by atoms with Crippen LogP contribution in [0.15, 0.2) is 39.3 Å². The molecule has 2 rings (SSSR count). The smallest absolute Gasteiger partial charge is 0.194 e. The molecular formula is C13H8Br2F3N. The molecule has 2 aromatic carbocycles. The zero-order valence-corrected chi connectivity index (χ0v) is 12.6. The van der Waals surface area contributed by atoms with Gasteiger partial charge in [0.05, 0.1) is 6.04 Å². The van der Waals surface area contributed by atoms with E-state index in [-0.39, 0.29) is 5.56 Å². The predicted octanol–water partition coefficient (Wildman–Crippen LogP) is 4.68. The maximum atomic E-state index is 13.2. The molecule has 100 valence electrons. The number of rotatable bonds is 2. The predicted molar refractivity (Wildman–Crippen MR) is 74.2 cm³/mol. The van der Waals surface area contributed by atoms with Crippen LogP contribution in [-0.2, 0) is 0 Å². The molecule has 0 aliphatic heterocycles. The molecule has 0 aromatic heterocycles. The van der Waals surface area contributed by atoms with Gasteiger partial charge in [-0.25, -0.2) is 13.2 Å². The molecule has 6 heteroatoms. The highest BCUT2D eigenvalue weighted by Gasteiger charge is 2.18. The second kappa shape index (κ2) is 5.64. The van der Waals surface area contributed by atoms with Crippen LogP contribution in [0.5, 0.6) is 0 Å². The van der Waals surface area contributed by atoms with Gasteiger partial charge in [0.15, 0.2) is 17.5 Å². The highest BCUT2D eigenvalue weighted by Crippen LogP contribution is 2.30. The summed E-state index contributed by atoms with van der Waals surface area (Å²) in [5.74, 6) is -4.00. The van der Waals surface area contributed by atoms with E-state index in [1.54, 1.807) is 18.2 Å². The van der Waals surface area contributed by atoms with E-state index >= 15 is 0 Å². The van der Waals surface area contributed by atoms with Crippen molar-refractivity contribution >= 4 is 31.9 Å². The van der Waals surface area contributed by atoms with E-state index in [1.807, 2.05) is 0 Å². The normalized spacial score (nSPS) is 12.5. The summed E-state index contributed by atoms with van der Waals surface area (Å²) in [6, 6.07) is 6.32. The van der Waals surface area contributed by atoms with Gasteiger partial charge >= 0.3 is 0 Å². The van der Waals surface area contributed by atoms with E-state index in [4.69, 9.17) is 5.73 Å². The average molecular weight is 395 g/mol. The highest BCUT2D eigenvalue weighted by molar-refractivity contribution is 9.11. The Hall–Kier alpha value is -0.850. The van der Waals surface area contributed by atoms with Crippen LogP contribution < -0.4 is 5.73 Å². The first-order valence-electron chi connectivity index (χ1n) is 5.25. The van der Waals surface area contributed by atoms with Gasteiger partial charge in [-0.1, -0.05) is 31.9 Å². The first kappa shape index (κ1) is 14.6. The van der Waals surface area contributed by atoms with Crippen molar-refractivity contribution in [2.24, 2.45) is 5.73 Å². The lowest BCUT2D eigenvalue weighted by atomic mass is 9.99. The Morgan fingerprint density at radius 3 is 2.11 bits per heavy atom. The Morgan fingerprint density at radius 1 is 0.947 bits per heavy atom. The zero-order chi connectivity index (χ0) is 14.2. The molecule has 0 aliphatic rings. The van der Waals surface area contributed by atoms with Crippen LogP contribution in [0.25, 0.3) is 0 Å². The first-order valence-corrected chi connectivity index (χ1v) is 6.83. The Morgan fingerprint density at radius 2 is 1.53 bits per heavy atom. The third-order valence-corrected chi connectivity index (χ3v) is 3.87. The van der Waals surface area contributed by atoms with Gasteiger partial charge in [0.2, 0.25) is 0 Å². The number of benzene rings is 2. The standard InChI is InChI=1S/C13H8Br2F3N/c14-7-1-2-9(15)8(5-7)13(19)6-3-10(16)12(18)11(17)4-6/h1-5,13H,19H2. The second-order valence-electron chi connectivity index (χ2n) is 3.94. The lowest BCUT2D eigenvalue weighted by Crippen LogP contribution is -2.14. The molecule has 0 spiro atoms. The molecule has 0 aliphatic carbocycles. The van der Waals surface area contributed by atoms with Crippen molar-refractivity contribution in [3.05, 3.63) is 67.9 Å². The van der Waals surface area contributed by atoms with E-state index in [1.165, 1.54) is 0 Å². The number of hydrogen-bond acceptors (Lipinski definition) is 1. The third-order valence-electron chi connectivity index (χ3n) is 2.66. The molecule has 1 nitrogen and oxygen atoms in total. The summed E-state index contributed by atoms with van der Waals surface area (Å²) in [6.07, 6.45) is 0. The van der Waals surface area contributed by atoms with E-state index in [0.717, 1.165) is 16.6 Å². The van der Waals surface area contributed by atoms with E-state index in [9.17, 15) is 13.2 Å². The van der Waals surface area contributed by atoms with Crippen molar-refractivity contribution in [3.63, 3.8) is 0 Å². The Balaban J connectivity index is 2.49. The molecule has 0 saturated carbocycles. The molecule has 1 atom stereocenters. The monoisotopic (exact) mass is 393 g/mol. The van der Waals surface area contributed by atoms with Crippen molar-refractivity contribution < 1.29 is 13.2 Å². The van der Waals surface area contributed by atoms with Crippen molar-refractivity contribution in [1.29, 1.82) is 0 Å². The van der Waals surface area contributed by atoms with Gasteiger partial charge in [-0.3, -0.25) is 0 Å². The maximum absolute atomic E-state index is 13.2. The van der Waals surface area contributed by atoms with Gasteiger partial charge < -0.3 is 5.73 Å². The minimum Gasteiger partial charge on any atom is -0.320 e. The fraction of sp³-hybridized carbons (Fsp3) is 0.0769. The van der Waals surface area contributed by atoms with Crippen molar-refractivity contribution in [2.45, 2.75) is 6.04 Å². The van der Waals surface area contributed by atoms with E-state index < -0.39 is 23.5 Å². The number of hydrogen-bond donors (Lipinski definition) is 1. The topological polar surface area (TPSA) is 26.0 Å². The molecule has 0 fully saturated rings. The van der Waals surface area contributed by atoms with Crippen LogP contribution in [0.1, 0.15) is 17.2 Å². The summed E-state index contributed by atoms with van der Waals surface area (Å²) < 4.78 is 40.8. The number of nitrogens with two attached hydrogens (primary N) is 1. The summed E-state index contributed by atoms with van der Waals surface area (Å²) in [4.78, 5) is 0. The van der Waals surface area contributed by atoms with E-state index in [0.29, 0.717) is 10.0 Å². The second-order valence-corrected chi connectivity index (χ2v) is 5.71. The minimum absolute atomic E-state index is 0.162. The summed E-state index contributed by atoms with van der Waals surface area (Å²) in [7, 11) is 0. The van der Waals surface area contributed by atoms with Crippen molar-refractivity contribution in [3.8, 4) is 0 Å². The molecule has 2 aromatic rings. The summed E-state index contributed by atoms with van der Waals surface area (Å²) in [5.41, 5.74) is 6.77. The fourth-order valence-electron chi connectivity index (χ4n) is 1.69. The maximum Gasteiger partial charge on any atom is 0.194 e. The van der Waals surface area contributed by atoms with Gasteiger partial charge in [-0.05, 0) is 41.5 Å². The SMILES string of the molecule is NC(c1cc(F)c(F)c(F)c1)c1cc(Br)ccc1Br. The van der Waals surface area contributed by atoms with Crippen LogP contribution in [-0.4, -0.2) is 0 Å². The van der Waals surface area contributed by atoms with Gasteiger partial charge in [-0.2, -0.15) is 0 Å². The molecule has 2 N–H and O–H groups in total. The number of halogens is 5. The Labute approximate surface area is 124 Å². The third kappa shape index (κ3) is 3.01. The molecule has 0 amide bonds. The summed E-state index contributed by atoms with van der Waals surface area (Å²) >= 11 is 6.61. The largest absolute Gasteiger partial charge is 0.320 e. The fourth-order valence-corrected chi connectivity index (χ4v) is 2.56. The molecule has 0 radical (unpaired) electrons. The van der Waals surface area contributed by atoms with Gasteiger partial charge in [0.1, 0.15) is 0 Å². The lowest BCUT2D eigenvalue weighted by Gasteiger charge is -2.15. The van der Waals surface area contributed by atoms with Crippen molar-refractivity contribution in [1.82, 2.24) is 0 Å². The molecule has 0 bridgehead atoms. The van der Waals surface area contributed by atoms with Crippen LogP contribution in [0.3, 0.4) is 0 Å². The van der Waals surface area contributed by atoms with Gasteiger partial charge in [0.25, 0.3) is 0 Å². The molecule has 0 saturated heterocycles. The zero-order valence-electron chi connectivity index (χ0n) is 9.43. The molecule has 1 unspecified atom stereocenters. The Kier molecular flexibility index (Phi) is 4.32. The van der Waals surface area contributed by atoms with E-state index in [2.05, 4.69) is 31.9 Å². The van der Waals surface area contributed by atoms with Gasteiger partial charge in [0, 0.05) is 8.95 Å². The highest BCUT2D eigenvalue weighted by atomic mass is 79.9. The summed E-state index contributed by atoms with van der Waals surface area (Å²) in [6.45, 7) is 0. The van der Waals surface area contributed by atoms with Crippen molar-refractivity contribution in [2.75, 3.05) is 0 Å². The minimum atomic E-state index is -1.50. The first-order chi connectivity index (χ1) is 8.90. The van der Waals surface area contributed by atoms with Crippen LogP contribution >= 0.6 is 31.9 Å². The summed E-state index contributed by atoms with van der Waals surface area (Å²) in [5, 5.41) is 0. The molecule has 19 heavy (non-hydrogen) atoms. The Bertz CT molecular complexity index is 608. The average Bonchev–Trinajstić information content (AvgIpc) is 2.37. The molecular weight excluding hydrogens is 387 g/mol. The lowest BCUT2D eigenvalue weighted by molar-refractivity contribution is 0.444. The quantitative estimate of drug-likeness (QED) is 0.735. The van der Waals surface area contributed by atoms with Crippen LogP contribution in [0, 0.1) is 17.5 Å².